The molecule has 156 valence electrons. The fraction of sp³-hybridized carbons (Fsp3) is 0.350. The van der Waals surface area contributed by atoms with Crippen molar-refractivity contribution in [2.24, 2.45) is 0 Å². The van der Waals surface area contributed by atoms with Gasteiger partial charge in [0.15, 0.2) is 9.84 Å². The van der Waals surface area contributed by atoms with Crippen molar-refractivity contribution in [3.05, 3.63) is 48.3 Å². The molecule has 0 aromatic heterocycles. The number of methoxy groups -OCH3 is 2. The predicted molar refractivity (Wildman–Crippen MR) is 107 cm³/mol. The third-order valence-corrected chi connectivity index (χ3v) is 7.24. The van der Waals surface area contributed by atoms with Gasteiger partial charge in [-0.3, -0.25) is 0 Å². The summed E-state index contributed by atoms with van der Waals surface area (Å²) >= 11 is 0. The summed E-state index contributed by atoms with van der Waals surface area (Å²) in [6.45, 7) is 0.602. The second-order valence-corrected chi connectivity index (χ2v) is 8.91. The lowest BCUT2D eigenvalue weighted by Crippen LogP contribution is -2.44. The van der Waals surface area contributed by atoms with Gasteiger partial charge in [-0.05, 0) is 49.2 Å². The minimum absolute atomic E-state index is 0.102. The smallest absolute Gasteiger partial charge is 0.321 e. The number of sulfone groups is 1. The number of amides is 2. The molecule has 0 bridgehead atoms. The van der Waals surface area contributed by atoms with Crippen LogP contribution in [-0.2, 0) is 9.84 Å². The fourth-order valence-corrected chi connectivity index (χ4v) is 5.01. The van der Waals surface area contributed by atoms with E-state index in [1.54, 1.807) is 23.1 Å². The Balaban J connectivity index is 1.63. The summed E-state index contributed by atoms with van der Waals surface area (Å²) in [5.41, 5.74) is 0.499. The molecule has 0 spiro atoms. The molecule has 0 radical (unpaired) electrons. The molecule has 0 atom stereocenters. The molecule has 2 aromatic carbocycles. The molecular weight excluding hydrogens is 399 g/mol. The molecule has 3 rings (SSSR count). The van der Waals surface area contributed by atoms with Crippen LogP contribution < -0.4 is 14.8 Å². The number of urea groups is 1. The molecular formula is C20H23FN2O5S. The number of rotatable bonds is 5. The van der Waals surface area contributed by atoms with Crippen molar-refractivity contribution < 1.29 is 27.1 Å². The Morgan fingerprint density at radius 2 is 1.72 bits per heavy atom. The van der Waals surface area contributed by atoms with E-state index in [1.165, 1.54) is 26.4 Å². The van der Waals surface area contributed by atoms with Gasteiger partial charge in [-0.25, -0.2) is 17.6 Å². The molecule has 1 saturated heterocycles. The summed E-state index contributed by atoms with van der Waals surface area (Å²) in [6.07, 6.45) is 0.625. The molecule has 0 unspecified atom stereocenters. The second kappa shape index (κ2) is 8.69. The molecule has 1 aliphatic heterocycles. The topological polar surface area (TPSA) is 84.9 Å². The average Bonchev–Trinajstić information content (AvgIpc) is 2.74. The van der Waals surface area contributed by atoms with Crippen LogP contribution in [0, 0.1) is 5.82 Å². The van der Waals surface area contributed by atoms with Crippen molar-refractivity contribution in [3.8, 4) is 11.5 Å². The lowest BCUT2D eigenvalue weighted by molar-refractivity contribution is 0.200. The van der Waals surface area contributed by atoms with Crippen LogP contribution >= 0.6 is 0 Å². The Labute approximate surface area is 169 Å². The van der Waals surface area contributed by atoms with Crippen LogP contribution in [0.2, 0.25) is 0 Å². The summed E-state index contributed by atoms with van der Waals surface area (Å²) < 4.78 is 49.0. The summed E-state index contributed by atoms with van der Waals surface area (Å²) in [4.78, 5) is 14.3. The molecule has 7 nitrogen and oxygen atoms in total. The minimum Gasteiger partial charge on any atom is -0.497 e. The van der Waals surface area contributed by atoms with E-state index in [-0.39, 0.29) is 10.9 Å². The highest BCUT2D eigenvalue weighted by Gasteiger charge is 2.33. The molecule has 29 heavy (non-hydrogen) atoms. The van der Waals surface area contributed by atoms with Crippen LogP contribution in [0.25, 0.3) is 0 Å². The van der Waals surface area contributed by atoms with Gasteiger partial charge in [0.05, 0.1) is 30.1 Å². The van der Waals surface area contributed by atoms with E-state index in [0.29, 0.717) is 43.1 Å². The average molecular weight is 422 g/mol. The van der Waals surface area contributed by atoms with Crippen LogP contribution in [0.3, 0.4) is 0 Å². The number of benzene rings is 2. The van der Waals surface area contributed by atoms with Crippen molar-refractivity contribution in [1.29, 1.82) is 0 Å². The number of halogens is 1. The maximum Gasteiger partial charge on any atom is 0.321 e. The highest BCUT2D eigenvalue weighted by molar-refractivity contribution is 7.92. The Hall–Kier alpha value is -2.81. The highest BCUT2D eigenvalue weighted by Crippen LogP contribution is 2.30. The number of hydrogen-bond acceptors (Lipinski definition) is 5. The van der Waals surface area contributed by atoms with Crippen molar-refractivity contribution in [3.63, 3.8) is 0 Å². The third-order valence-electron chi connectivity index (χ3n) is 4.96. The van der Waals surface area contributed by atoms with Gasteiger partial charge in [0.2, 0.25) is 0 Å². The van der Waals surface area contributed by atoms with Crippen molar-refractivity contribution in [2.45, 2.75) is 23.0 Å². The zero-order valence-electron chi connectivity index (χ0n) is 16.2. The van der Waals surface area contributed by atoms with Crippen LogP contribution in [0.15, 0.2) is 47.4 Å². The molecule has 2 amide bonds. The van der Waals surface area contributed by atoms with Gasteiger partial charge in [-0.2, -0.15) is 0 Å². The summed E-state index contributed by atoms with van der Waals surface area (Å²) in [5, 5.41) is 2.19. The van der Waals surface area contributed by atoms with E-state index >= 15 is 0 Å². The third kappa shape index (κ3) is 4.61. The Bertz CT molecular complexity index is 971. The lowest BCUT2D eigenvalue weighted by Gasteiger charge is -2.32. The van der Waals surface area contributed by atoms with Gasteiger partial charge >= 0.3 is 6.03 Å². The minimum atomic E-state index is -3.56. The van der Waals surface area contributed by atoms with E-state index in [0.717, 1.165) is 12.1 Å². The summed E-state index contributed by atoms with van der Waals surface area (Å²) in [6, 6.07) is 9.55. The van der Waals surface area contributed by atoms with E-state index in [1.807, 2.05) is 0 Å². The number of piperidine rings is 1. The van der Waals surface area contributed by atoms with Crippen LogP contribution in [-0.4, -0.2) is 51.9 Å². The van der Waals surface area contributed by atoms with E-state index in [4.69, 9.17) is 9.47 Å². The van der Waals surface area contributed by atoms with Crippen molar-refractivity contribution in [2.75, 3.05) is 32.6 Å². The molecule has 9 heteroatoms. The number of hydrogen-bond donors (Lipinski definition) is 1. The van der Waals surface area contributed by atoms with Crippen LogP contribution in [0.4, 0.5) is 14.9 Å². The Morgan fingerprint density at radius 1 is 1.07 bits per heavy atom. The first kappa shape index (κ1) is 20.9. The van der Waals surface area contributed by atoms with Crippen LogP contribution in [0.1, 0.15) is 12.8 Å². The molecule has 1 N–H and O–H groups in total. The van der Waals surface area contributed by atoms with Gasteiger partial charge in [0.25, 0.3) is 0 Å². The molecule has 0 aliphatic carbocycles. The van der Waals surface area contributed by atoms with E-state index in [9.17, 15) is 17.6 Å². The number of nitrogens with one attached hydrogen (secondary N) is 1. The number of carbonyl (C=O) groups excluding carboxylic acids is 1. The second-order valence-electron chi connectivity index (χ2n) is 6.68. The van der Waals surface area contributed by atoms with Gasteiger partial charge in [0.1, 0.15) is 17.3 Å². The normalized spacial score (nSPS) is 15.1. The molecule has 1 heterocycles. The number of ether oxygens (including phenoxy) is 2. The molecule has 0 saturated carbocycles. The maximum atomic E-state index is 13.1. The number of likely N-dealkylation sites (tertiary alicyclic amines) is 1. The van der Waals surface area contributed by atoms with Crippen molar-refractivity contribution in [1.82, 2.24) is 4.90 Å². The Kier molecular flexibility index (Phi) is 6.26. The zero-order valence-corrected chi connectivity index (χ0v) is 17.0. The lowest BCUT2D eigenvalue weighted by atomic mass is 10.1. The molecule has 1 aliphatic rings. The largest absolute Gasteiger partial charge is 0.497 e. The standard InChI is InChI=1S/C20H23FN2O5S/c1-27-15-5-8-18(19(13-15)28-2)22-20(24)23-11-9-17(10-12-23)29(25,26)16-6-3-14(21)4-7-16/h3-8,13,17H,9-12H2,1-2H3,(H,22,24). The highest BCUT2D eigenvalue weighted by atomic mass is 32.2. The number of anilines is 1. The van der Waals surface area contributed by atoms with Gasteiger partial charge in [-0.15, -0.1) is 0 Å². The first-order chi connectivity index (χ1) is 13.8. The molecule has 2 aromatic rings. The summed E-state index contributed by atoms with van der Waals surface area (Å²) in [5.74, 6) is 0.586. The first-order valence-electron chi connectivity index (χ1n) is 9.12. The fourth-order valence-electron chi connectivity index (χ4n) is 3.28. The Morgan fingerprint density at radius 3 is 2.31 bits per heavy atom. The van der Waals surface area contributed by atoms with Gasteiger partial charge < -0.3 is 19.7 Å². The summed E-state index contributed by atoms with van der Waals surface area (Å²) in [7, 11) is -0.529. The quantitative estimate of drug-likeness (QED) is 0.748. The van der Waals surface area contributed by atoms with Crippen LogP contribution in [0.5, 0.6) is 11.5 Å². The van der Waals surface area contributed by atoms with E-state index < -0.39 is 20.9 Å². The van der Waals surface area contributed by atoms with E-state index in [2.05, 4.69) is 5.32 Å². The first-order valence-corrected chi connectivity index (χ1v) is 10.7. The SMILES string of the molecule is COc1ccc(NC(=O)N2CCC(S(=O)(=O)c3ccc(F)cc3)CC2)c(OC)c1. The maximum absolute atomic E-state index is 13.1. The van der Waals surface area contributed by atoms with Crippen molar-refractivity contribution >= 4 is 21.6 Å². The molecule has 1 fully saturated rings. The monoisotopic (exact) mass is 422 g/mol. The van der Waals surface area contributed by atoms with Gasteiger partial charge in [-0.1, -0.05) is 0 Å². The predicted octanol–water partition coefficient (Wildman–Crippen LogP) is 3.31. The van der Waals surface area contributed by atoms with Gasteiger partial charge in [0, 0.05) is 19.2 Å². The zero-order chi connectivity index (χ0) is 21.0. The number of carbonyl (C=O) groups is 1. The number of nitrogens with zero attached hydrogens (tertiary/aromatic N) is 1.